The molecule has 0 amide bonds. The molecule has 7 rings (SSSR count). The van der Waals surface area contributed by atoms with Gasteiger partial charge in [0.25, 0.3) is 0 Å². The Kier molecular flexibility index (Phi) is 6.05. The number of hydrogen-bond acceptors (Lipinski definition) is 2. The van der Waals surface area contributed by atoms with Crippen LogP contribution in [0.3, 0.4) is 0 Å². The Balaban J connectivity index is 1.39. The van der Waals surface area contributed by atoms with Crippen LogP contribution in [0.15, 0.2) is 109 Å². The van der Waals surface area contributed by atoms with Crippen molar-refractivity contribution >= 4 is 42.5 Å². The Bertz CT molecular complexity index is 1990. The Morgan fingerprint density at radius 2 is 1.30 bits per heavy atom. The van der Waals surface area contributed by atoms with Crippen molar-refractivity contribution in [1.29, 1.82) is 0 Å². The maximum atomic E-state index is 5.07. The first kappa shape index (κ1) is 24.8. The average molecular weight is 537 g/mol. The third-order valence-corrected chi connectivity index (χ3v) is 9.20. The lowest BCUT2D eigenvalue weighted by Crippen LogP contribution is -1.97. The third-order valence-electron chi connectivity index (χ3n) is 7.98. The third kappa shape index (κ3) is 4.13. The van der Waals surface area contributed by atoms with Crippen molar-refractivity contribution in [3.8, 4) is 28.2 Å². The Hall–Kier alpha value is -4.21. The monoisotopic (exact) mass is 536 g/mol. The van der Waals surface area contributed by atoms with Crippen LogP contribution in [0.2, 0.25) is 0 Å². The van der Waals surface area contributed by atoms with Crippen LogP contribution in [0.1, 0.15) is 50.7 Å². The molecule has 2 heterocycles. The molecule has 2 nitrogen and oxygen atoms in total. The van der Waals surface area contributed by atoms with Gasteiger partial charge in [-0.05, 0) is 82.6 Å². The molecular weight excluding hydrogens is 504 g/mol. The fraction of sp³-hybridized carbons (Fsp3) is 0.162. The van der Waals surface area contributed by atoms with Gasteiger partial charge in [0, 0.05) is 31.4 Å². The van der Waals surface area contributed by atoms with Gasteiger partial charge in [-0.3, -0.25) is 4.57 Å². The summed E-state index contributed by atoms with van der Waals surface area (Å²) >= 11 is 1.91. The quantitative estimate of drug-likeness (QED) is 0.214. The number of hydrogen-bond donors (Lipinski definition) is 0. The first-order chi connectivity index (χ1) is 19.5. The standard InChI is InChI=1S/C37H32N2S/c1-23(2)27-18-19-35-31(20-27)32-22-28(24(3)4)21-30(36(32)40-35)25-14-16-26(17-15-25)37-38-33-12-8-9-13-34(33)39(37)29-10-6-5-7-11-29/h5-24H,1-4H3. The Morgan fingerprint density at radius 1 is 0.625 bits per heavy atom. The van der Waals surface area contributed by atoms with Gasteiger partial charge in [-0.25, -0.2) is 4.98 Å². The van der Waals surface area contributed by atoms with Gasteiger partial charge in [0.05, 0.1) is 11.0 Å². The van der Waals surface area contributed by atoms with Crippen LogP contribution in [-0.4, -0.2) is 9.55 Å². The van der Waals surface area contributed by atoms with E-state index in [1.54, 1.807) is 0 Å². The maximum Gasteiger partial charge on any atom is 0.145 e. The second-order valence-corrected chi connectivity index (χ2v) is 12.3. The first-order valence-corrected chi connectivity index (χ1v) is 14.9. The second kappa shape index (κ2) is 9.76. The van der Waals surface area contributed by atoms with E-state index in [9.17, 15) is 0 Å². The van der Waals surface area contributed by atoms with Crippen LogP contribution in [0.5, 0.6) is 0 Å². The molecule has 3 heteroatoms. The highest BCUT2D eigenvalue weighted by atomic mass is 32.1. The van der Waals surface area contributed by atoms with E-state index in [1.165, 1.54) is 42.4 Å². The molecule has 0 atom stereocenters. The molecule has 0 aliphatic carbocycles. The van der Waals surface area contributed by atoms with E-state index < -0.39 is 0 Å². The average Bonchev–Trinajstić information content (AvgIpc) is 3.55. The van der Waals surface area contributed by atoms with Crippen LogP contribution >= 0.6 is 11.3 Å². The topological polar surface area (TPSA) is 17.8 Å². The fourth-order valence-corrected chi connectivity index (χ4v) is 6.88. The fourth-order valence-electron chi connectivity index (χ4n) is 5.68. The van der Waals surface area contributed by atoms with Crippen LogP contribution in [-0.2, 0) is 0 Å². The highest BCUT2D eigenvalue weighted by molar-refractivity contribution is 7.26. The van der Waals surface area contributed by atoms with Crippen LogP contribution < -0.4 is 0 Å². The number of rotatable bonds is 5. The van der Waals surface area contributed by atoms with Crippen molar-refractivity contribution in [2.45, 2.75) is 39.5 Å². The van der Waals surface area contributed by atoms with E-state index in [4.69, 9.17) is 4.98 Å². The summed E-state index contributed by atoms with van der Waals surface area (Å²) in [7, 11) is 0. The van der Waals surface area contributed by atoms with Crippen molar-refractivity contribution in [2.75, 3.05) is 0 Å². The predicted molar refractivity (Wildman–Crippen MR) is 173 cm³/mol. The highest BCUT2D eigenvalue weighted by Gasteiger charge is 2.17. The summed E-state index contributed by atoms with van der Waals surface area (Å²) in [5.74, 6) is 1.93. The molecule has 40 heavy (non-hydrogen) atoms. The second-order valence-electron chi connectivity index (χ2n) is 11.3. The van der Waals surface area contributed by atoms with Crippen molar-refractivity contribution in [3.63, 3.8) is 0 Å². The summed E-state index contributed by atoms with van der Waals surface area (Å²) in [4.78, 5) is 5.07. The normalized spacial score (nSPS) is 11.9. The number of fused-ring (bicyclic) bond motifs is 4. The zero-order valence-electron chi connectivity index (χ0n) is 23.3. The van der Waals surface area contributed by atoms with E-state index >= 15 is 0 Å². The van der Waals surface area contributed by atoms with Gasteiger partial charge in [0.1, 0.15) is 5.82 Å². The lowest BCUT2D eigenvalue weighted by molar-refractivity contribution is 0.868. The lowest BCUT2D eigenvalue weighted by atomic mass is 9.93. The van der Waals surface area contributed by atoms with Gasteiger partial charge in [0.2, 0.25) is 0 Å². The zero-order valence-corrected chi connectivity index (χ0v) is 24.2. The molecule has 0 aliphatic heterocycles. The molecule has 0 aliphatic rings. The number of para-hydroxylation sites is 3. The van der Waals surface area contributed by atoms with E-state index in [0.717, 1.165) is 28.1 Å². The molecule has 196 valence electrons. The van der Waals surface area contributed by atoms with Gasteiger partial charge >= 0.3 is 0 Å². The zero-order chi connectivity index (χ0) is 27.4. The van der Waals surface area contributed by atoms with Gasteiger partial charge in [-0.2, -0.15) is 0 Å². The minimum atomic E-state index is 0.455. The maximum absolute atomic E-state index is 5.07. The van der Waals surface area contributed by atoms with E-state index in [0.29, 0.717) is 11.8 Å². The molecule has 0 fully saturated rings. The number of thiophene rings is 1. The summed E-state index contributed by atoms with van der Waals surface area (Å²) < 4.78 is 4.99. The Labute approximate surface area is 239 Å². The van der Waals surface area contributed by atoms with Crippen LogP contribution in [0, 0.1) is 0 Å². The lowest BCUT2D eigenvalue weighted by Gasteiger charge is -2.13. The molecule has 0 unspecified atom stereocenters. The summed E-state index contributed by atoms with van der Waals surface area (Å²) in [6.45, 7) is 9.12. The van der Waals surface area contributed by atoms with Crippen molar-refractivity contribution in [1.82, 2.24) is 9.55 Å². The summed E-state index contributed by atoms with van der Waals surface area (Å²) in [5, 5.41) is 2.75. The minimum Gasteiger partial charge on any atom is -0.292 e. The minimum absolute atomic E-state index is 0.455. The molecule has 5 aromatic carbocycles. The number of imidazole rings is 1. The summed E-state index contributed by atoms with van der Waals surface area (Å²) in [6.07, 6.45) is 0. The highest BCUT2D eigenvalue weighted by Crippen LogP contribution is 2.43. The molecule has 0 saturated heterocycles. The summed E-state index contributed by atoms with van der Waals surface area (Å²) in [6, 6.07) is 39.7. The SMILES string of the molecule is CC(C)c1ccc2sc3c(-c4ccc(-c5nc6ccccc6n5-c5ccccc5)cc4)cc(C(C)C)cc3c2c1. The molecule has 0 spiro atoms. The Morgan fingerprint density at radius 3 is 2.05 bits per heavy atom. The van der Waals surface area contributed by atoms with E-state index in [-0.39, 0.29) is 0 Å². The number of aromatic nitrogens is 2. The van der Waals surface area contributed by atoms with Gasteiger partial charge in [0.15, 0.2) is 0 Å². The van der Waals surface area contributed by atoms with E-state index in [2.05, 4.69) is 141 Å². The van der Waals surface area contributed by atoms with Gasteiger partial charge in [-0.1, -0.05) is 88.4 Å². The molecule has 0 radical (unpaired) electrons. The van der Waals surface area contributed by atoms with Crippen molar-refractivity contribution in [2.24, 2.45) is 0 Å². The van der Waals surface area contributed by atoms with Gasteiger partial charge < -0.3 is 0 Å². The van der Waals surface area contributed by atoms with Gasteiger partial charge in [-0.15, -0.1) is 11.3 Å². The summed E-state index contributed by atoms with van der Waals surface area (Å²) in [5.41, 5.74) is 9.69. The van der Waals surface area contributed by atoms with Crippen LogP contribution in [0.4, 0.5) is 0 Å². The molecule has 0 bridgehead atoms. The van der Waals surface area contributed by atoms with Crippen LogP contribution in [0.25, 0.3) is 59.4 Å². The predicted octanol–water partition coefficient (Wildman–Crippen LogP) is 11.0. The molecule has 2 aromatic heterocycles. The largest absolute Gasteiger partial charge is 0.292 e. The number of benzene rings is 5. The molecule has 7 aromatic rings. The first-order valence-electron chi connectivity index (χ1n) is 14.1. The van der Waals surface area contributed by atoms with E-state index in [1.807, 2.05) is 11.3 Å². The van der Waals surface area contributed by atoms with Crippen molar-refractivity contribution in [3.05, 3.63) is 120 Å². The van der Waals surface area contributed by atoms with Crippen molar-refractivity contribution < 1.29 is 0 Å². The molecule has 0 N–H and O–H groups in total. The smallest absolute Gasteiger partial charge is 0.145 e. The molecular formula is C37H32N2S. The molecule has 0 saturated carbocycles. The number of nitrogens with zero attached hydrogens (tertiary/aromatic N) is 2.